The van der Waals surface area contributed by atoms with E-state index in [1.165, 1.54) is 16.7 Å². The lowest BCUT2D eigenvalue weighted by molar-refractivity contribution is 0.101. The lowest BCUT2D eigenvalue weighted by Gasteiger charge is -2.24. The van der Waals surface area contributed by atoms with Crippen molar-refractivity contribution in [3.63, 3.8) is 0 Å². The van der Waals surface area contributed by atoms with Gasteiger partial charge in [0.2, 0.25) is 0 Å². The Morgan fingerprint density at radius 2 is 2.12 bits per heavy atom. The lowest BCUT2D eigenvalue weighted by atomic mass is 10.0. The number of thioether (sulfide) groups is 1. The van der Waals surface area contributed by atoms with Crippen LogP contribution in [0.3, 0.4) is 0 Å². The van der Waals surface area contributed by atoms with Crippen molar-refractivity contribution in [2.24, 2.45) is 0 Å². The number of benzene rings is 1. The van der Waals surface area contributed by atoms with Crippen LogP contribution in [-0.2, 0) is 11.3 Å². The summed E-state index contributed by atoms with van der Waals surface area (Å²) >= 11 is 1.80. The second-order valence-electron chi connectivity index (χ2n) is 6.37. The van der Waals surface area contributed by atoms with E-state index in [1.807, 2.05) is 30.4 Å². The van der Waals surface area contributed by atoms with Gasteiger partial charge in [0.05, 0.1) is 7.11 Å². The van der Waals surface area contributed by atoms with Gasteiger partial charge in [0.25, 0.3) is 0 Å². The number of rotatable bonds is 4. The molecule has 0 spiro atoms. The van der Waals surface area contributed by atoms with E-state index in [0.29, 0.717) is 0 Å². The average molecular weight is 358 g/mol. The van der Waals surface area contributed by atoms with Gasteiger partial charge in [-0.05, 0) is 55.5 Å². The first-order valence-electron chi connectivity index (χ1n) is 8.52. The molecule has 1 aliphatic heterocycles. The third-order valence-corrected chi connectivity index (χ3v) is 4.98. The molecular formula is C21H27NO2S. The molecule has 134 valence electrons. The number of hydrogen-bond donors (Lipinski definition) is 0. The quantitative estimate of drug-likeness (QED) is 0.728. The Balaban J connectivity index is 2.21. The largest absolute Gasteiger partial charge is 0.497 e. The van der Waals surface area contributed by atoms with Crippen molar-refractivity contribution in [2.75, 3.05) is 26.0 Å². The van der Waals surface area contributed by atoms with Crippen molar-refractivity contribution in [1.29, 1.82) is 0 Å². The minimum absolute atomic E-state index is 0.116. The first-order chi connectivity index (χ1) is 12.0. The molecule has 25 heavy (non-hydrogen) atoms. The van der Waals surface area contributed by atoms with Crippen LogP contribution in [0.1, 0.15) is 35.3 Å². The summed E-state index contributed by atoms with van der Waals surface area (Å²) in [6.45, 7) is 8.58. The van der Waals surface area contributed by atoms with E-state index < -0.39 is 0 Å². The predicted octanol–water partition coefficient (Wildman–Crippen LogP) is 4.74. The van der Waals surface area contributed by atoms with Gasteiger partial charge in [0, 0.05) is 31.0 Å². The fraction of sp³-hybridized carbons (Fsp3) is 0.381. The highest BCUT2D eigenvalue weighted by atomic mass is 32.2. The molecule has 0 fully saturated rings. The van der Waals surface area contributed by atoms with Crippen molar-refractivity contribution in [1.82, 2.24) is 4.90 Å². The number of ketones is 1. The van der Waals surface area contributed by atoms with Gasteiger partial charge in [0.1, 0.15) is 5.76 Å². The highest BCUT2D eigenvalue weighted by Crippen LogP contribution is 2.17. The van der Waals surface area contributed by atoms with Gasteiger partial charge in [-0.2, -0.15) is 0 Å². The van der Waals surface area contributed by atoms with Crippen molar-refractivity contribution in [3.05, 3.63) is 69.9 Å². The van der Waals surface area contributed by atoms with Gasteiger partial charge in [-0.1, -0.05) is 23.8 Å². The van der Waals surface area contributed by atoms with Crippen LogP contribution in [0.15, 0.2) is 53.2 Å². The van der Waals surface area contributed by atoms with E-state index in [9.17, 15) is 4.79 Å². The van der Waals surface area contributed by atoms with Gasteiger partial charge in [-0.15, -0.1) is 11.8 Å². The molecule has 0 atom stereocenters. The summed E-state index contributed by atoms with van der Waals surface area (Å²) in [4.78, 5) is 14.1. The second-order valence-corrected chi connectivity index (χ2v) is 7.39. The fourth-order valence-electron chi connectivity index (χ4n) is 2.77. The molecule has 0 radical (unpaired) electrons. The van der Waals surface area contributed by atoms with Crippen LogP contribution in [0.2, 0.25) is 0 Å². The van der Waals surface area contributed by atoms with Crippen LogP contribution in [0.4, 0.5) is 0 Å². The second kappa shape index (κ2) is 9.64. The Bertz CT molecular complexity index is 704. The molecule has 1 heterocycles. The number of aryl methyl sites for hydroxylation is 1. The number of nitrogens with zero attached hydrogens (tertiary/aromatic N) is 1. The molecule has 0 bridgehead atoms. The monoisotopic (exact) mass is 357 g/mol. The number of Topliss-reactive ketones (excluding diaryl/α,β-unsaturated/α-hetero) is 1. The summed E-state index contributed by atoms with van der Waals surface area (Å²) in [5, 5.41) is 2.10. The number of hydrogen-bond acceptors (Lipinski definition) is 4. The molecule has 0 saturated heterocycles. The highest BCUT2D eigenvalue weighted by Gasteiger charge is 2.11. The molecule has 0 N–H and O–H groups in total. The Labute approximate surface area is 155 Å². The third-order valence-electron chi connectivity index (χ3n) is 4.21. The van der Waals surface area contributed by atoms with Crippen molar-refractivity contribution < 1.29 is 9.53 Å². The molecule has 0 aliphatic carbocycles. The van der Waals surface area contributed by atoms with Gasteiger partial charge in [-0.3, -0.25) is 9.69 Å². The van der Waals surface area contributed by atoms with Crippen molar-refractivity contribution in [3.8, 4) is 0 Å². The first-order valence-corrected chi connectivity index (χ1v) is 9.57. The van der Waals surface area contributed by atoms with Crippen molar-refractivity contribution >= 4 is 17.5 Å². The van der Waals surface area contributed by atoms with Crippen LogP contribution in [0.25, 0.3) is 0 Å². The zero-order valence-corrected chi connectivity index (χ0v) is 16.4. The summed E-state index contributed by atoms with van der Waals surface area (Å²) in [6, 6.07) is 6.00. The SMILES string of the molecule is COC1=C/C=C/SCCN(Cc2cc(C(C)=O)ccc2C)C\C(C)=C\1. The Hall–Kier alpha value is -1.78. The van der Waals surface area contributed by atoms with Crippen LogP contribution in [0.5, 0.6) is 0 Å². The minimum Gasteiger partial charge on any atom is -0.497 e. The molecule has 1 aliphatic rings. The Morgan fingerprint density at radius 1 is 1.32 bits per heavy atom. The lowest BCUT2D eigenvalue weighted by Crippen LogP contribution is -2.28. The van der Waals surface area contributed by atoms with E-state index in [2.05, 4.69) is 30.2 Å². The van der Waals surface area contributed by atoms with Crippen LogP contribution < -0.4 is 0 Å². The van der Waals surface area contributed by atoms with Gasteiger partial charge < -0.3 is 4.74 Å². The smallest absolute Gasteiger partial charge is 0.159 e. The van der Waals surface area contributed by atoms with Crippen LogP contribution >= 0.6 is 11.8 Å². The fourth-order valence-corrected chi connectivity index (χ4v) is 3.46. The van der Waals surface area contributed by atoms with E-state index >= 15 is 0 Å². The number of carbonyl (C=O) groups excluding carboxylic acids is 1. The molecule has 1 aromatic carbocycles. The maximum Gasteiger partial charge on any atom is 0.159 e. The molecule has 2 rings (SSSR count). The molecular weight excluding hydrogens is 330 g/mol. The van der Waals surface area contributed by atoms with E-state index in [0.717, 1.165) is 36.7 Å². The minimum atomic E-state index is 0.116. The van der Waals surface area contributed by atoms with E-state index in [4.69, 9.17) is 4.74 Å². The maximum absolute atomic E-state index is 11.7. The molecule has 0 aromatic heterocycles. The number of ether oxygens (including phenoxy) is 1. The summed E-state index contributed by atoms with van der Waals surface area (Å²) < 4.78 is 5.42. The zero-order valence-electron chi connectivity index (χ0n) is 15.5. The summed E-state index contributed by atoms with van der Waals surface area (Å²) in [5.74, 6) is 2.02. The summed E-state index contributed by atoms with van der Waals surface area (Å²) in [7, 11) is 1.70. The molecule has 0 unspecified atom stereocenters. The van der Waals surface area contributed by atoms with Crippen LogP contribution in [0, 0.1) is 6.92 Å². The topological polar surface area (TPSA) is 29.5 Å². The number of methoxy groups -OCH3 is 1. The average Bonchev–Trinajstić information content (AvgIpc) is 2.61. The third kappa shape index (κ3) is 6.22. The Kier molecular flexibility index (Phi) is 7.53. The summed E-state index contributed by atoms with van der Waals surface area (Å²) in [6.07, 6.45) is 6.11. The standard InChI is InChI=1S/C21H27NO2S/c1-16-12-21(24-4)6-5-10-25-11-9-22(14-16)15-20-13-19(18(3)23)8-7-17(20)2/h5-8,10,12-13H,9,11,14-15H2,1-4H3/b10-5+,16-12+,21-6+. The predicted molar refractivity (Wildman–Crippen MR) is 107 cm³/mol. The van der Waals surface area contributed by atoms with E-state index in [-0.39, 0.29) is 5.78 Å². The van der Waals surface area contributed by atoms with Gasteiger partial charge in [0.15, 0.2) is 5.78 Å². The summed E-state index contributed by atoms with van der Waals surface area (Å²) in [5.41, 5.74) is 4.49. The molecule has 4 heteroatoms. The first kappa shape index (κ1) is 19.5. The molecule has 0 amide bonds. The molecule has 1 aromatic rings. The van der Waals surface area contributed by atoms with E-state index in [1.54, 1.807) is 25.8 Å². The molecule has 3 nitrogen and oxygen atoms in total. The number of allylic oxidation sites excluding steroid dienone is 3. The molecule has 0 saturated carbocycles. The highest BCUT2D eigenvalue weighted by molar-refractivity contribution is 8.02. The van der Waals surface area contributed by atoms with Gasteiger partial charge in [-0.25, -0.2) is 0 Å². The van der Waals surface area contributed by atoms with Gasteiger partial charge >= 0.3 is 0 Å². The Morgan fingerprint density at radius 3 is 2.84 bits per heavy atom. The zero-order chi connectivity index (χ0) is 18.2. The van der Waals surface area contributed by atoms with Crippen LogP contribution in [-0.4, -0.2) is 36.6 Å². The van der Waals surface area contributed by atoms with Crippen molar-refractivity contribution in [2.45, 2.75) is 27.3 Å². The maximum atomic E-state index is 11.7. The number of carbonyl (C=O) groups is 1. The normalized spacial score (nSPS) is 22.1.